The van der Waals surface area contributed by atoms with Crippen molar-refractivity contribution in [3.8, 4) is 0 Å². The van der Waals surface area contributed by atoms with E-state index in [1.54, 1.807) is 0 Å². The second-order valence-electron chi connectivity index (χ2n) is 1.77. The van der Waals surface area contributed by atoms with Crippen LogP contribution in [0.25, 0.3) is 0 Å². The Balaban J connectivity index is 3.45. The maximum Gasteiger partial charge on any atom is 0.270 e. The number of hydrogen-bond acceptors (Lipinski definition) is 2. The van der Waals surface area contributed by atoms with E-state index in [0.29, 0.717) is 0 Å². The molecule has 0 radical (unpaired) electrons. The van der Waals surface area contributed by atoms with E-state index in [4.69, 9.17) is 10.2 Å². The van der Waals surface area contributed by atoms with E-state index in [-0.39, 0.29) is 5.92 Å². The summed E-state index contributed by atoms with van der Waals surface area (Å²) in [4.78, 5) is 0. The van der Waals surface area contributed by atoms with Crippen LogP contribution in [0.15, 0.2) is 12.0 Å². The average molecular weight is 102 g/mol. The summed E-state index contributed by atoms with van der Waals surface area (Å²) in [7, 11) is 0. The lowest BCUT2D eigenvalue weighted by molar-refractivity contribution is 0.187. The van der Waals surface area contributed by atoms with E-state index in [0.717, 1.165) is 0 Å². The zero-order valence-corrected chi connectivity index (χ0v) is 4.55. The molecule has 42 valence electrons. The summed E-state index contributed by atoms with van der Waals surface area (Å²) in [6.07, 6.45) is 1.36. The van der Waals surface area contributed by atoms with E-state index < -0.39 is 5.95 Å². The monoisotopic (exact) mass is 102 g/mol. The third-order valence-corrected chi connectivity index (χ3v) is 0.482. The summed E-state index contributed by atoms with van der Waals surface area (Å²) in [5.41, 5.74) is 0. The lowest BCUT2D eigenvalue weighted by atomic mass is 10.2. The fourth-order valence-electron chi connectivity index (χ4n) is 0.298. The van der Waals surface area contributed by atoms with Crippen LogP contribution in [0, 0.1) is 5.92 Å². The number of rotatable bonds is 1. The molecule has 0 amide bonds. The van der Waals surface area contributed by atoms with Gasteiger partial charge in [-0.2, -0.15) is 0 Å². The number of allylic oxidation sites excluding steroid dienone is 1. The van der Waals surface area contributed by atoms with Gasteiger partial charge >= 0.3 is 0 Å². The van der Waals surface area contributed by atoms with Gasteiger partial charge in [0.2, 0.25) is 0 Å². The van der Waals surface area contributed by atoms with Gasteiger partial charge in [0.15, 0.2) is 0 Å². The van der Waals surface area contributed by atoms with Crippen LogP contribution in [-0.2, 0) is 0 Å². The van der Waals surface area contributed by atoms with E-state index in [9.17, 15) is 0 Å². The molecule has 0 aromatic carbocycles. The molecule has 0 aromatic rings. The standard InChI is InChI=1S/C5H10O2/c1-4(2)3-5(6)7/h3-4,6-7H,1-2H3. The Morgan fingerprint density at radius 3 is 1.86 bits per heavy atom. The molecule has 0 aromatic heterocycles. The summed E-state index contributed by atoms with van der Waals surface area (Å²) >= 11 is 0. The van der Waals surface area contributed by atoms with E-state index in [1.807, 2.05) is 13.8 Å². The van der Waals surface area contributed by atoms with Crippen LogP contribution in [-0.4, -0.2) is 10.2 Å². The summed E-state index contributed by atoms with van der Waals surface area (Å²) in [6.45, 7) is 3.74. The Morgan fingerprint density at radius 2 is 1.86 bits per heavy atom. The van der Waals surface area contributed by atoms with Gasteiger partial charge in [0.05, 0.1) is 0 Å². The molecule has 2 nitrogen and oxygen atoms in total. The van der Waals surface area contributed by atoms with Crippen LogP contribution < -0.4 is 0 Å². The fraction of sp³-hybridized carbons (Fsp3) is 0.600. The summed E-state index contributed by atoms with van der Waals surface area (Å²) in [5.74, 6) is -0.375. The van der Waals surface area contributed by atoms with E-state index >= 15 is 0 Å². The molecule has 0 saturated heterocycles. The lowest BCUT2D eigenvalue weighted by Gasteiger charge is -1.90. The van der Waals surface area contributed by atoms with Crippen molar-refractivity contribution in [2.75, 3.05) is 0 Å². The lowest BCUT2D eigenvalue weighted by Crippen LogP contribution is -1.82. The minimum atomic E-state index is -0.588. The Bertz CT molecular complexity index is 70.1. The average Bonchev–Trinajstić information content (AvgIpc) is 1.27. The second kappa shape index (κ2) is 2.50. The van der Waals surface area contributed by atoms with Crippen molar-refractivity contribution >= 4 is 0 Å². The molecule has 0 bridgehead atoms. The minimum Gasteiger partial charge on any atom is -0.481 e. The molecule has 7 heavy (non-hydrogen) atoms. The molecular formula is C5H10O2. The number of aliphatic hydroxyl groups is 2. The first-order chi connectivity index (χ1) is 3.13. The third-order valence-electron chi connectivity index (χ3n) is 0.482. The van der Waals surface area contributed by atoms with Crippen LogP contribution in [0.4, 0.5) is 0 Å². The molecule has 0 aliphatic heterocycles. The molecule has 0 rings (SSSR count). The van der Waals surface area contributed by atoms with Gasteiger partial charge in [-0.25, -0.2) is 0 Å². The van der Waals surface area contributed by atoms with Gasteiger partial charge in [-0.15, -0.1) is 0 Å². The van der Waals surface area contributed by atoms with Gasteiger partial charge in [-0.1, -0.05) is 13.8 Å². The van der Waals surface area contributed by atoms with Gasteiger partial charge in [0, 0.05) is 0 Å². The Kier molecular flexibility index (Phi) is 2.27. The van der Waals surface area contributed by atoms with Crippen LogP contribution in [0.1, 0.15) is 13.8 Å². The molecule has 0 atom stereocenters. The van der Waals surface area contributed by atoms with Crippen molar-refractivity contribution in [3.63, 3.8) is 0 Å². The van der Waals surface area contributed by atoms with E-state index in [2.05, 4.69) is 0 Å². The van der Waals surface area contributed by atoms with Crippen molar-refractivity contribution in [1.29, 1.82) is 0 Å². The molecule has 0 saturated carbocycles. The summed E-state index contributed by atoms with van der Waals surface area (Å²) < 4.78 is 0. The number of aliphatic hydroxyl groups excluding tert-OH is 1. The van der Waals surface area contributed by atoms with Gasteiger partial charge in [-0.05, 0) is 12.0 Å². The normalized spacial score (nSPS) is 9.00. The molecular weight excluding hydrogens is 92.1 g/mol. The predicted octanol–water partition coefficient (Wildman–Crippen LogP) is 1.60. The van der Waals surface area contributed by atoms with Gasteiger partial charge < -0.3 is 10.2 Å². The van der Waals surface area contributed by atoms with Crippen LogP contribution in [0.2, 0.25) is 0 Å². The SMILES string of the molecule is CC(C)C=C(O)O. The summed E-state index contributed by atoms with van der Waals surface area (Å²) in [5, 5.41) is 16.3. The Morgan fingerprint density at radius 1 is 1.43 bits per heavy atom. The first kappa shape index (κ1) is 6.34. The highest BCUT2D eigenvalue weighted by molar-refractivity contribution is 4.81. The highest BCUT2D eigenvalue weighted by Gasteiger charge is 1.87. The van der Waals surface area contributed by atoms with Crippen LogP contribution in [0.3, 0.4) is 0 Å². The molecule has 0 unspecified atom stereocenters. The zero-order valence-electron chi connectivity index (χ0n) is 4.55. The van der Waals surface area contributed by atoms with Crippen molar-refractivity contribution in [1.82, 2.24) is 0 Å². The van der Waals surface area contributed by atoms with Crippen molar-refractivity contribution in [3.05, 3.63) is 12.0 Å². The van der Waals surface area contributed by atoms with Gasteiger partial charge in [0.25, 0.3) is 5.95 Å². The molecule has 0 fully saturated rings. The third kappa shape index (κ3) is 5.34. The fourth-order valence-corrected chi connectivity index (χ4v) is 0.298. The Labute approximate surface area is 43.1 Å². The molecule has 0 spiro atoms. The smallest absolute Gasteiger partial charge is 0.270 e. The topological polar surface area (TPSA) is 40.5 Å². The highest BCUT2D eigenvalue weighted by atomic mass is 16.5. The van der Waals surface area contributed by atoms with Crippen molar-refractivity contribution in [2.24, 2.45) is 5.92 Å². The molecule has 2 heteroatoms. The maximum atomic E-state index is 8.14. The van der Waals surface area contributed by atoms with Crippen LogP contribution >= 0.6 is 0 Å². The highest BCUT2D eigenvalue weighted by Crippen LogP contribution is 1.94. The van der Waals surface area contributed by atoms with Crippen LogP contribution in [0.5, 0.6) is 0 Å². The second-order valence-corrected chi connectivity index (χ2v) is 1.77. The maximum absolute atomic E-state index is 8.14. The zero-order chi connectivity index (χ0) is 5.86. The first-order valence-corrected chi connectivity index (χ1v) is 2.22. The molecule has 0 heterocycles. The summed E-state index contributed by atoms with van der Waals surface area (Å²) in [6, 6.07) is 0. The minimum absolute atomic E-state index is 0.213. The van der Waals surface area contributed by atoms with Crippen molar-refractivity contribution < 1.29 is 10.2 Å². The molecule has 0 aliphatic carbocycles. The first-order valence-electron chi connectivity index (χ1n) is 2.22. The quantitative estimate of drug-likeness (QED) is 0.493. The molecule has 2 N–H and O–H groups in total. The van der Waals surface area contributed by atoms with Crippen molar-refractivity contribution in [2.45, 2.75) is 13.8 Å². The largest absolute Gasteiger partial charge is 0.481 e. The number of hydrogen-bond donors (Lipinski definition) is 2. The predicted molar refractivity (Wildman–Crippen MR) is 28.2 cm³/mol. The van der Waals surface area contributed by atoms with Gasteiger partial charge in [-0.3, -0.25) is 0 Å². The Hall–Kier alpha value is -0.660. The van der Waals surface area contributed by atoms with Gasteiger partial charge in [0.1, 0.15) is 0 Å². The van der Waals surface area contributed by atoms with E-state index in [1.165, 1.54) is 6.08 Å². The molecule has 0 aliphatic rings.